The fourth-order valence-corrected chi connectivity index (χ4v) is 2.39. The van der Waals surface area contributed by atoms with E-state index in [-0.39, 0.29) is 23.7 Å². The van der Waals surface area contributed by atoms with Gasteiger partial charge in [-0.3, -0.25) is 14.4 Å². The van der Waals surface area contributed by atoms with Crippen LogP contribution in [0.3, 0.4) is 0 Å². The maximum atomic E-state index is 12.4. The van der Waals surface area contributed by atoms with Crippen molar-refractivity contribution in [2.45, 2.75) is 64.5 Å². The molecule has 132 valence electrons. The summed E-state index contributed by atoms with van der Waals surface area (Å²) in [6.45, 7) is 4.45. The van der Waals surface area contributed by atoms with E-state index in [0.29, 0.717) is 19.4 Å². The molecule has 7 heteroatoms. The average Bonchev–Trinajstić information content (AvgIpc) is 3.29. The summed E-state index contributed by atoms with van der Waals surface area (Å²) in [6.07, 6.45) is 4.27. The van der Waals surface area contributed by atoms with E-state index in [1.54, 1.807) is 0 Å². The minimum atomic E-state index is -0.711. The summed E-state index contributed by atoms with van der Waals surface area (Å²) in [4.78, 5) is 35.9. The molecule has 3 amide bonds. The minimum Gasteiger partial charge on any atom is -0.368 e. The fourth-order valence-electron chi connectivity index (χ4n) is 2.39. The third-order valence-corrected chi connectivity index (χ3v) is 3.90. The molecule has 2 unspecified atom stereocenters. The molecular weight excluding hydrogens is 296 g/mol. The molecule has 2 atom stereocenters. The smallest absolute Gasteiger partial charge is 0.243 e. The molecule has 0 aromatic heterocycles. The van der Waals surface area contributed by atoms with E-state index in [1.807, 2.05) is 13.8 Å². The normalized spacial score (nSPS) is 16.7. The first-order chi connectivity index (χ1) is 10.8. The van der Waals surface area contributed by atoms with Gasteiger partial charge in [-0.25, -0.2) is 0 Å². The number of nitrogens with two attached hydrogens (primary N) is 2. The van der Waals surface area contributed by atoms with Crippen molar-refractivity contribution in [3.8, 4) is 0 Å². The molecule has 1 aliphatic carbocycles. The molecular formula is C16H30N4O3. The number of hydrogen-bond donors (Lipinski definition) is 4. The van der Waals surface area contributed by atoms with Crippen LogP contribution in [0.15, 0.2) is 0 Å². The van der Waals surface area contributed by atoms with Crippen molar-refractivity contribution < 1.29 is 14.4 Å². The van der Waals surface area contributed by atoms with Gasteiger partial charge < -0.3 is 22.1 Å². The van der Waals surface area contributed by atoms with Crippen molar-refractivity contribution in [3.05, 3.63) is 0 Å². The molecule has 0 heterocycles. The van der Waals surface area contributed by atoms with Gasteiger partial charge in [-0.2, -0.15) is 0 Å². The monoisotopic (exact) mass is 326 g/mol. The van der Waals surface area contributed by atoms with Gasteiger partial charge in [0.15, 0.2) is 0 Å². The van der Waals surface area contributed by atoms with Gasteiger partial charge >= 0.3 is 0 Å². The highest BCUT2D eigenvalue weighted by Gasteiger charge is 2.33. The number of rotatable bonds is 11. The first-order valence-electron chi connectivity index (χ1n) is 8.45. The lowest BCUT2D eigenvalue weighted by molar-refractivity contribution is -0.132. The molecule has 6 N–H and O–H groups in total. The Kier molecular flexibility index (Phi) is 8.02. The molecule has 0 saturated heterocycles. The summed E-state index contributed by atoms with van der Waals surface area (Å²) in [5.74, 6) is -0.730. The van der Waals surface area contributed by atoms with Crippen LogP contribution in [-0.2, 0) is 14.4 Å². The van der Waals surface area contributed by atoms with E-state index in [1.165, 1.54) is 0 Å². The van der Waals surface area contributed by atoms with Gasteiger partial charge in [0.1, 0.15) is 12.1 Å². The van der Waals surface area contributed by atoms with Gasteiger partial charge in [-0.05, 0) is 51.0 Å². The lowest BCUT2D eigenvalue weighted by Crippen LogP contribution is -2.53. The fraction of sp³-hybridized carbons (Fsp3) is 0.812. The Hall–Kier alpha value is -1.63. The zero-order valence-electron chi connectivity index (χ0n) is 14.1. The van der Waals surface area contributed by atoms with E-state index in [4.69, 9.17) is 11.5 Å². The van der Waals surface area contributed by atoms with E-state index in [9.17, 15) is 14.4 Å². The molecule has 7 nitrogen and oxygen atoms in total. The largest absolute Gasteiger partial charge is 0.368 e. The molecule has 0 aromatic carbocycles. The first-order valence-corrected chi connectivity index (χ1v) is 8.45. The topological polar surface area (TPSA) is 127 Å². The van der Waals surface area contributed by atoms with Crippen LogP contribution in [0.2, 0.25) is 0 Å². The zero-order chi connectivity index (χ0) is 17.4. The predicted molar refractivity (Wildman–Crippen MR) is 88.1 cm³/mol. The van der Waals surface area contributed by atoms with E-state index in [0.717, 1.165) is 25.7 Å². The molecule has 0 spiro atoms. The number of primary amides is 1. The standard InChI is InChI=1S/C16H30N4O3/c1-10(2)9-13(14(18)21)20-16(23)12(5-3-4-8-17)19-15(22)11-6-7-11/h10-13H,3-9,17H2,1-2H3,(H2,18,21)(H,19,22)(H,20,23). The third kappa shape index (κ3) is 7.45. The van der Waals surface area contributed by atoms with Gasteiger partial charge in [-0.15, -0.1) is 0 Å². The van der Waals surface area contributed by atoms with Crippen LogP contribution in [0.4, 0.5) is 0 Å². The van der Waals surface area contributed by atoms with E-state index in [2.05, 4.69) is 10.6 Å². The molecule has 0 aliphatic heterocycles. The van der Waals surface area contributed by atoms with Crippen LogP contribution in [0.5, 0.6) is 0 Å². The molecule has 0 radical (unpaired) electrons. The summed E-state index contributed by atoms with van der Waals surface area (Å²) >= 11 is 0. The second-order valence-electron chi connectivity index (χ2n) is 6.71. The van der Waals surface area contributed by atoms with Crippen molar-refractivity contribution in [2.24, 2.45) is 23.3 Å². The average molecular weight is 326 g/mol. The Labute approximate surface area is 137 Å². The van der Waals surface area contributed by atoms with Crippen molar-refractivity contribution in [2.75, 3.05) is 6.54 Å². The lowest BCUT2D eigenvalue weighted by Gasteiger charge is -2.23. The van der Waals surface area contributed by atoms with Gasteiger partial charge in [0.2, 0.25) is 17.7 Å². The lowest BCUT2D eigenvalue weighted by atomic mass is 10.0. The number of carbonyl (C=O) groups excluding carboxylic acids is 3. The third-order valence-electron chi connectivity index (χ3n) is 3.90. The molecule has 1 fully saturated rings. The van der Waals surface area contributed by atoms with Gasteiger partial charge in [-0.1, -0.05) is 13.8 Å². The molecule has 23 heavy (non-hydrogen) atoms. The Morgan fingerprint density at radius 3 is 2.22 bits per heavy atom. The van der Waals surface area contributed by atoms with Crippen LogP contribution in [0.25, 0.3) is 0 Å². The zero-order valence-corrected chi connectivity index (χ0v) is 14.1. The summed E-state index contributed by atoms with van der Waals surface area (Å²) in [7, 11) is 0. The molecule has 1 rings (SSSR count). The number of hydrogen-bond acceptors (Lipinski definition) is 4. The highest BCUT2D eigenvalue weighted by Crippen LogP contribution is 2.29. The Bertz CT molecular complexity index is 422. The number of carbonyl (C=O) groups is 3. The van der Waals surface area contributed by atoms with Gasteiger partial charge in [0.05, 0.1) is 0 Å². The maximum Gasteiger partial charge on any atom is 0.243 e. The van der Waals surface area contributed by atoms with Crippen molar-refractivity contribution in [3.63, 3.8) is 0 Å². The van der Waals surface area contributed by atoms with E-state index >= 15 is 0 Å². The molecule has 1 aliphatic rings. The van der Waals surface area contributed by atoms with Crippen LogP contribution in [-0.4, -0.2) is 36.3 Å². The second kappa shape index (κ2) is 9.50. The number of unbranched alkanes of at least 4 members (excludes halogenated alkanes) is 1. The highest BCUT2D eigenvalue weighted by molar-refractivity contribution is 5.92. The van der Waals surface area contributed by atoms with Gasteiger partial charge in [0, 0.05) is 5.92 Å². The molecule has 1 saturated carbocycles. The van der Waals surface area contributed by atoms with Crippen LogP contribution in [0.1, 0.15) is 52.4 Å². The van der Waals surface area contributed by atoms with Crippen LogP contribution in [0, 0.1) is 11.8 Å². The minimum absolute atomic E-state index is 0.0300. The number of nitrogens with one attached hydrogen (secondary N) is 2. The Morgan fingerprint density at radius 2 is 1.74 bits per heavy atom. The maximum absolute atomic E-state index is 12.4. The predicted octanol–water partition coefficient (Wildman–Crippen LogP) is 0.0264. The SMILES string of the molecule is CC(C)CC(NC(=O)C(CCCCN)NC(=O)C1CC1)C(N)=O. The quantitative estimate of drug-likeness (QED) is 0.399. The summed E-state index contributed by atoms with van der Waals surface area (Å²) < 4.78 is 0. The Morgan fingerprint density at radius 1 is 1.09 bits per heavy atom. The van der Waals surface area contributed by atoms with E-state index < -0.39 is 18.0 Å². The Balaban J connectivity index is 2.63. The molecule has 0 bridgehead atoms. The summed E-state index contributed by atoms with van der Waals surface area (Å²) in [5.41, 5.74) is 10.8. The van der Waals surface area contributed by atoms with Crippen molar-refractivity contribution in [1.29, 1.82) is 0 Å². The van der Waals surface area contributed by atoms with Crippen LogP contribution < -0.4 is 22.1 Å². The van der Waals surface area contributed by atoms with Crippen molar-refractivity contribution >= 4 is 17.7 Å². The van der Waals surface area contributed by atoms with Crippen LogP contribution >= 0.6 is 0 Å². The summed E-state index contributed by atoms with van der Waals surface area (Å²) in [6, 6.07) is -1.35. The summed E-state index contributed by atoms with van der Waals surface area (Å²) in [5, 5.41) is 5.47. The molecule has 0 aromatic rings. The number of amides is 3. The van der Waals surface area contributed by atoms with Gasteiger partial charge in [0.25, 0.3) is 0 Å². The second-order valence-corrected chi connectivity index (χ2v) is 6.71. The first kappa shape index (κ1) is 19.4. The van der Waals surface area contributed by atoms with Crippen molar-refractivity contribution in [1.82, 2.24) is 10.6 Å². The highest BCUT2D eigenvalue weighted by atomic mass is 16.2.